The second kappa shape index (κ2) is 10.7. The first-order valence-electron chi connectivity index (χ1n) is 11.6. The third-order valence-corrected chi connectivity index (χ3v) is 6.54. The van der Waals surface area contributed by atoms with Gasteiger partial charge in [-0.3, -0.25) is 9.69 Å². The summed E-state index contributed by atoms with van der Waals surface area (Å²) in [6.07, 6.45) is 4.26. The highest BCUT2D eigenvalue weighted by atomic mass is 19.1. The monoisotopic (exact) mass is 456 g/mol. The van der Waals surface area contributed by atoms with Crippen LogP contribution in [0, 0.1) is 17.6 Å². The molecule has 1 saturated carbocycles. The molecule has 3 amide bonds. The maximum Gasteiger partial charge on any atom is 0.321 e. The minimum atomic E-state index is -0.402. The van der Waals surface area contributed by atoms with Gasteiger partial charge in [-0.1, -0.05) is 31.0 Å². The van der Waals surface area contributed by atoms with E-state index >= 15 is 0 Å². The molecular weight excluding hydrogens is 426 g/mol. The van der Waals surface area contributed by atoms with E-state index in [4.69, 9.17) is 0 Å². The van der Waals surface area contributed by atoms with Crippen molar-refractivity contribution in [3.63, 3.8) is 0 Å². The van der Waals surface area contributed by atoms with Gasteiger partial charge in [0.05, 0.1) is 6.04 Å². The Bertz CT molecular complexity index is 972. The van der Waals surface area contributed by atoms with Gasteiger partial charge in [-0.05, 0) is 54.7 Å². The summed E-state index contributed by atoms with van der Waals surface area (Å²) in [6.45, 7) is 2.44. The number of halogens is 2. The highest BCUT2D eigenvalue weighted by Crippen LogP contribution is 2.31. The van der Waals surface area contributed by atoms with Crippen LogP contribution in [0.2, 0.25) is 0 Å². The normalized spacial score (nSPS) is 18.2. The number of urea groups is 1. The van der Waals surface area contributed by atoms with Gasteiger partial charge < -0.3 is 15.5 Å². The number of benzene rings is 2. The molecule has 2 aromatic rings. The molecule has 1 heterocycles. The first kappa shape index (κ1) is 23.2. The molecule has 2 fully saturated rings. The second-order valence-corrected chi connectivity index (χ2v) is 8.80. The summed E-state index contributed by atoms with van der Waals surface area (Å²) in [5.74, 6) is -0.475. The fourth-order valence-corrected chi connectivity index (χ4v) is 4.86. The highest BCUT2D eigenvalue weighted by molar-refractivity contribution is 5.89. The van der Waals surface area contributed by atoms with Crippen molar-refractivity contribution in [3.05, 3.63) is 65.7 Å². The molecule has 8 heteroatoms. The average molecular weight is 457 g/mol. The Morgan fingerprint density at radius 1 is 0.939 bits per heavy atom. The van der Waals surface area contributed by atoms with Gasteiger partial charge in [-0.15, -0.1) is 0 Å². The number of hydrogen-bond acceptors (Lipinski definition) is 3. The first-order valence-corrected chi connectivity index (χ1v) is 11.6. The quantitative estimate of drug-likeness (QED) is 0.691. The number of nitrogens with zero attached hydrogens (tertiary/aromatic N) is 2. The van der Waals surface area contributed by atoms with Crippen molar-refractivity contribution in [2.75, 3.05) is 31.5 Å². The minimum absolute atomic E-state index is 0.0381. The van der Waals surface area contributed by atoms with Crippen LogP contribution in [0.3, 0.4) is 0 Å². The second-order valence-electron chi connectivity index (χ2n) is 8.80. The smallest absolute Gasteiger partial charge is 0.321 e. The van der Waals surface area contributed by atoms with Gasteiger partial charge in [-0.25, -0.2) is 13.6 Å². The van der Waals surface area contributed by atoms with Crippen LogP contribution >= 0.6 is 0 Å². The molecule has 2 aliphatic rings. The third-order valence-electron chi connectivity index (χ3n) is 6.54. The van der Waals surface area contributed by atoms with Gasteiger partial charge >= 0.3 is 6.03 Å². The number of nitrogens with one attached hydrogen (secondary N) is 2. The molecule has 1 aliphatic heterocycles. The maximum absolute atomic E-state index is 13.5. The average Bonchev–Trinajstić information content (AvgIpc) is 3.33. The predicted molar refractivity (Wildman–Crippen MR) is 123 cm³/mol. The van der Waals surface area contributed by atoms with Gasteiger partial charge in [0.1, 0.15) is 11.6 Å². The molecule has 33 heavy (non-hydrogen) atoms. The van der Waals surface area contributed by atoms with E-state index in [-0.39, 0.29) is 36.3 Å². The Hall–Kier alpha value is -3.00. The Morgan fingerprint density at radius 2 is 1.61 bits per heavy atom. The molecule has 1 aliphatic carbocycles. The molecule has 1 atom stereocenters. The summed E-state index contributed by atoms with van der Waals surface area (Å²) in [4.78, 5) is 29.7. The summed E-state index contributed by atoms with van der Waals surface area (Å²) < 4.78 is 26.9. The van der Waals surface area contributed by atoms with Crippen LogP contribution in [0.5, 0.6) is 0 Å². The molecule has 0 bridgehead atoms. The van der Waals surface area contributed by atoms with E-state index in [1.165, 1.54) is 24.3 Å². The van der Waals surface area contributed by atoms with Crippen molar-refractivity contribution >= 4 is 17.6 Å². The van der Waals surface area contributed by atoms with E-state index in [9.17, 15) is 18.4 Å². The van der Waals surface area contributed by atoms with Gasteiger partial charge in [-0.2, -0.15) is 0 Å². The first-order chi connectivity index (χ1) is 16.0. The Kier molecular flexibility index (Phi) is 7.54. The van der Waals surface area contributed by atoms with Crippen LogP contribution in [0.4, 0.5) is 19.3 Å². The Morgan fingerprint density at radius 3 is 2.27 bits per heavy atom. The van der Waals surface area contributed by atoms with E-state index in [0.29, 0.717) is 31.9 Å². The number of anilines is 1. The third kappa shape index (κ3) is 6.07. The SMILES string of the molecule is O=C(NCc1cccc(F)c1)C(C1CCCC1)N1CCN(C(=O)Nc2cccc(F)c2)CC1. The van der Waals surface area contributed by atoms with Gasteiger partial charge in [0.2, 0.25) is 5.91 Å². The number of carbonyl (C=O) groups is 2. The standard InChI is InChI=1S/C25H30F2N4O2/c26-20-8-3-5-18(15-20)17-28-24(32)23(19-6-1-2-7-19)30-11-13-31(14-12-30)25(33)29-22-10-4-9-21(27)16-22/h3-5,8-10,15-16,19,23H,1-2,6-7,11-14,17H2,(H,28,32)(H,29,33). The molecule has 1 saturated heterocycles. The largest absolute Gasteiger partial charge is 0.351 e. The number of piperazine rings is 1. The zero-order chi connectivity index (χ0) is 23.2. The topological polar surface area (TPSA) is 64.7 Å². The molecule has 176 valence electrons. The van der Waals surface area contributed by atoms with E-state index < -0.39 is 5.82 Å². The van der Waals surface area contributed by atoms with E-state index in [0.717, 1.165) is 31.2 Å². The zero-order valence-corrected chi connectivity index (χ0v) is 18.6. The molecule has 0 aromatic heterocycles. The molecule has 0 spiro atoms. The predicted octanol–water partition coefficient (Wildman–Crippen LogP) is 3.99. The van der Waals surface area contributed by atoms with Crippen LogP contribution in [0.1, 0.15) is 31.2 Å². The van der Waals surface area contributed by atoms with Gasteiger partial charge in [0, 0.05) is 38.4 Å². The van der Waals surface area contributed by atoms with E-state index in [1.807, 2.05) is 0 Å². The lowest BCUT2D eigenvalue weighted by Crippen LogP contribution is -2.58. The lowest BCUT2D eigenvalue weighted by atomic mass is 9.95. The van der Waals surface area contributed by atoms with Crippen LogP contribution in [0.25, 0.3) is 0 Å². The lowest BCUT2D eigenvalue weighted by Gasteiger charge is -2.40. The van der Waals surface area contributed by atoms with Crippen LogP contribution < -0.4 is 10.6 Å². The van der Waals surface area contributed by atoms with Crippen LogP contribution in [-0.4, -0.2) is 54.0 Å². The number of hydrogen-bond donors (Lipinski definition) is 2. The van der Waals surface area contributed by atoms with Crippen LogP contribution in [0.15, 0.2) is 48.5 Å². The van der Waals surface area contributed by atoms with Crippen molar-refractivity contribution in [1.29, 1.82) is 0 Å². The summed E-state index contributed by atoms with van der Waals surface area (Å²) >= 11 is 0. The van der Waals surface area contributed by atoms with Crippen molar-refractivity contribution in [3.8, 4) is 0 Å². The van der Waals surface area contributed by atoms with Crippen molar-refractivity contribution in [2.45, 2.75) is 38.3 Å². The molecule has 6 nitrogen and oxygen atoms in total. The Balaban J connectivity index is 1.35. The maximum atomic E-state index is 13.5. The van der Waals surface area contributed by atoms with Crippen molar-refractivity contribution in [2.24, 2.45) is 5.92 Å². The fourth-order valence-electron chi connectivity index (χ4n) is 4.86. The molecule has 4 rings (SSSR count). The summed E-state index contributed by atoms with van der Waals surface area (Å²) in [5.41, 5.74) is 1.15. The fraction of sp³-hybridized carbons (Fsp3) is 0.440. The van der Waals surface area contributed by atoms with Gasteiger partial charge in [0.15, 0.2) is 0 Å². The molecule has 0 radical (unpaired) electrons. The number of carbonyl (C=O) groups excluding carboxylic acids is 2. The highest BCUT2D eigenvalue weighted by Gasteiger charge is 2.37. The van der Waals surface area contributed by atoms with Gasteiger partial charge in [0.25, 0.3) is 0 Å². The van der Waals surface area contributed by atoms with Crippen molar-refractivity contribution < 1.29 is 18.4 Å². The van der Waals surface area contributed by atoms with Crippen LogP contribution in [-0.2, 0) is 11.3 Å². The summed E-state index contributed by atoms with van der Waals surface area (Å²) in [7, 11) is 0. The number of rotatable bonds is 6. The Labute approximate surface area is 192 Å². The van der Waals surface area contributed by atoms with E-state index in [2.05, 4.69) is 15.5 Å². The minimum Gasteiger partial charge on any atom is -0.351 e. The van der Waals surface area contributed by atoms with E-state index in [1.54, 1.807) is 29.2 Å². The lowest BCUT2D eigenvalue weighted by molar-refractivity contribution is -0.129. The zero-order valence-electron chi connectivity index (χ0n) is 18.6. The molecular formula is C25H30F2N4O2. The molecule has 2 aromatic carbocycles. The van der Waals surface area contributed by atoms with Crippen molar-refractivity contribution in [1.82, 2.24) is 15.1 Å². The summed E-state index contributed by atoms with van der Waals surface area (Å²) in [6, 6.07) is 11.5. The number of amides is 3. The molecule has 1 unspecified atom stereocenters. The molecule has 2 N–H and O–H groups in total. The summed E-state index contributed by atoms with van der Waals surface area (Å²) in [5, 5.41) is 5.73.